The third-order valence-corrected chi connectivity index (χ3v) is 4.87. The highest BCUT2D eigenvalue weighted by molar-refractivity contribution is 9.10. The number of imide groups is 1. The van der Waals surface area contributed by atoms with E-state index >= 15 is 0 Å². The second-order valence-electron chi connectivity index (χ2n) is 6.93. The van der Waals surface area contributed by atoms with E-state index in [0.717, 1.165) is 4.47 Å². The Morgan fingerprint density at radius 1 is 1.10 bits per heavy atom. The van der Waals surface area contributed by atoms with Crippen LogP contribution in [0.25, 0.3) is 5.57 Å². The van der Waals surface area contributed by atoms with Gasteiger partial charge in [-0.3, -0.25) is 14.5 Å². The molecular weight excluding hydrogens is 439 g/mol. The van der Waals surface area contributed by atoms with Gasteiger partial charge in [0.25, 0.3) is 11.8 Å². The maximum absolute atomic E-state index is 13.4. The van der Waals surface area contributed by atoms with Crippen LogP contribution in [0.5, 0.6) is 0 Å². The SMILES string of the molecule is CC(C)OCCCN1C(=O)C(Nc2cccc(Br)c2)=C(c2ccc(F)cc2)C1=O. The smallest absolute Gasteiger partial charge is 0.278 e. The largest absolute Gasteiger partial charge is 0.379 e. The molecule has 1 aliphatic rings. The number of carbonyl (C=O) groups is 2. The van der Waals surface area contributed by atoms with Gasteiger partial charge in [-0.15, -0.1) is 0 Å². The molecule has 1 N–H and O–H groups in total. The standard InChI is InChI=1S/C22H22BrFN2O3/c1-14(2)29-12-4-11-26-21(27)19(15-7-9-17(24)10-8-15)20(22(26)28)25-18-6-3-5-16(23)13-18/h3,5-10,13-14,25H,4,11-12H2,1-2H3. The number of anilines is 1. The monoisotopic (exact) mass is 460 g/mol. The molecule has 1 heterocycles. The van der Waals surface area contributed by atoms with Gasteiger partial charge < -0.3 is 10.1 Å². The van der Waals surface area contributed by atoms with Crippen LogP contribution >= 0.6 is 15.9 Å². The van der Waals surface area contributed by atoms with E-state index < -0.39 is 17.6 Å². The number of ether oxygens (including phenoxy) is 1. The van der Waals surface area contributed by atoms with E-state index in [4.69, 9.17) is 4.74 Å². The number of nitrogens with zero attached hydrogens (tertiary/aromatic N) is 1. The van der Waals surface area contributed by atoms with Crippen molar-refractivity contribution in [2.45, 2.75) is 26.4 Å². The average molecular weight is 461 g/mol. The lowest BCUT2D eigenvalue weighted by Crippen LogP contribution is -2.34. The van der Waals surface area contributed by atoms with Gasteiger partial charge in [0, 0.05) is 23.3 Å². The molecule has 1 aliphatic heterocycles. The molecule has 7 heteroatoms. The van der Waals surface area contributed by atoms with Crippen molar-refractivity contribution in [1.29, 1.82) is 0 Å². The number of halogens is 2. The van der Waals surface area contributed by atoms with Gasteiger partial charge in [-0.05, 0) is 56.2 Å². The van der Waals surface area contributed by atoms with Crippen molar-refractivity contribution < 1.29 is 18.7 Å². The number of amides is 2. The molecule has 152 valence electrons. The van der Waals surface area contributed by atoms with E-state index in [1.165, 1.54) is 29.2 Å². The Morgan fingerprint density at radius 3 is 2.48 bits per heavy atom. The van der Waals surface area contributed by atoms with Gasteiger partial charge in [-0.2, -0.15) is 0 Å². The van der Waals surface area contributed by atoms with Crippen LogP contribution in [0.4, 0.5) is 10.1 Å². The highest BCUT2D eigenvalue weighted by Crippen LogP contribution is 2.31. The molecular formula is C22H22BrFN2O3. The summed E-state index contributed by atoms with van der Waals surface area (Å²) in [6.45, 7) is 4.56. The molecule has 2 aromatic rings. The summed E-state index contributed by atoms with van der Waals surface area (Å²) in [4.78, 5) is 27.3. The van der Waals surface area contributed by atoms with Gasteiger partial charge in [-0.1, -0.05) is 34.1 Å². The van der Waals surface area contributed by atoms with Crippen LogP contribution in [0, 0.1) is 5.82 Å². The predicted octanol–water partition coefficient (Wildman–Crippen LogP) is 4.60. The average Bonchev–Trinajstić information content (AvgIpc) is 2.90. The summed E-state index contributed by atoms with van der Waals surface area (Å²) in [5.74, 6) is -1.21. The van der Waals surface area contributed by atoms with Crippen molar-refractivity contribution in [3.05, 3.63) is 70.1 Å². The summed E-state index contributed by atoms with van der Waals surface area (Å²) in [7, 11) is 0. The molecule has 29 heavy (non-hydrogen) atoms. The molecule has 0 saturated heterocycles. The van der Waals surface area contributed by atoms with E-state index in [9.17, 15) is 14.0 Å². The lowest BCUT2D eigenvalue weighted by Gasteiger charge is -2.16. The summed E-state index contributed by atoms with van der Waals surface area (Å²) in [6, 6.07) is 12.9. The Morgan fingerprint density at radius 2 is 1.83 bits per heavy atom. The van der Waals surface area contributed by atoms with E-state index in [-0.39, 0.29) is 23.9 Å². The molecule has 3 rings (SSSR count). The minimum absolute atomic E-state index is 0.0848. The summed E-state index contributed by atoms with van der Waals surface area (Å²) < 4.78 is 19.7. The molecule has 0 atom stereocenters. The highest BCUT2D eigenvalue weighted by atomic mass is 79.9. The molecule has 2 aromatic carbocycles. The lowest BCUT2D eigenvalue weighted by atomic mass is 10.0. The van der Waals surface area contributed by atoms with Crippen LogP contribution < -0.4 is 5.32 Å². The van der Waals surface area contributed by atoms with Crippen molar-refractivity contribution in [3.8, 4) is 0 Å². The molecule has 0 bridgehead atoms. The number of benzene rings is 2. The van der Waals surface area contributed by atoms with Crippen molar-refractivity contribution >= 4 is 39.0 Å². The molecule has 0 saturated carbocycles. The van der Waals surface area contributed by atoms with E-state index in [1.54, 1.807) is 6.07 Å². The van der Waals surface area contributed by atoms with Gasteiger partial charge in [0.15, 0.2) is 0 Å². The number of hydrogen-bond donors (Lipinski definition) is 1. The first kappa shape index (κ1) is 21.2. The maximum atomic E-state index is 13.4. The van der Waals surface area contributed by atoms with E-state index in [1.807, 2.05) is 32.0 Å². The summed E-state index contributed by atoms with van der Waals surface area (Å²) in [6.07, 6.45) is 0.623. The van der Waals surface area contributed by atoms with Crippen LogP contribution in [-0.4, -0.2) is 36.0 Å². The number of hydrogen-bond acceptors (Lipinski definition) is 4. The van der Waals surface area contributed by atoms with Crippen molar-refractivity contribution in [1.82, 2.24) is 4.90 Å². The highest BCUT2D eigenvalue weighted by Gasteiger charge is 2.38. The minimum atomic E-state index is -0.407. The quantitative estimate of drug-likeness (QED) is 0.462. The van der Waals surface area contributed by atoms with Gasteiger partial charge in [0.05, 0.1) is 11.7 Å². The first-order valence-electron chi connectivity index (χ1n) is 9.37. The van der Waals surface area contributed by atoms with Crippen LogP contribution in [-0.2, 0) is 14.3 Å². The number of carbonyl (C=O) groups excluding carboxylic acids is 2. The second kappa shape index (κ2) is 9.33. The van der Waals surface area contributed by atoms with Gasteiger partial charge >= 0.3 is 0 Å². The molecule has 0 aromatic heterocycles. The summed E-state index contributed by atoms with van der Waals surface area (Å²) in [5, 5.41) is 3.08. The second-order valence-corrected chi connectivity index (χ2v) is 7.84. The Hall–Kier alpha value is -2.51. The van der Waals surface area contributed by atoms with E-state index in [0.29, 0.717) is 24.3 Å². The fourth-order valence-corrected chi connectivity index (χ4v) is 3.43. The van der Waals surface area contributed by atoms with Gasteiger partial charge in [0.2, 0.25) is 0 Å². The van der Waals surface area contributed by atoms with Gasteiger partial charge in [-0.25, -0.2) is 4.39 Å². The Balaban J connectivity index is 1.90. The molecule has 0 unspecified atom stereocenters. The normalized spacial score (nSPS) is 14.3. The lowest BCUT2D eigenvalue weighted by molar-refractivity contribution is -0.137. The zero-order valence-corrected chi connectivity index (χ0v) is 17.8. The number of rotatable bonds is 8. The maximum Gasteiger partial charge on any atom is 0.278 e. The molecule has 0 aliphatic carbocycles. The van der Waals surface area contributed by atoms with Crippen LogP contribution in [0.15, 0.2) is 58.7 Å². The zero-order chi connectivity index (χ0) is 21.0. The molecule has 0 radical (unpaired) electrons. The first-order chi connectivity index (χ1) is 13.9. The van der Waals surface area contributed by atoms with E-state index in [2.05, 4.69) is 21.2 Å². The molecule has 0 fully saturated rings. The third kappa shape index (κ3) is 5.10. The van der Waals surface area contributed by atoms with Gasteiger partial charge in [0.1, 0.15) is 11.5 Å². The molecule has 0 spiro atoms. The topological polar surface area (TPSA) is 58.6 Å². The number of nitrogens with one attached hydrogen (secondary N) is 1. The Kier molecular flexibility index (Phi) is 6.82. The summed E-state index contributed by atoms with van der Waals surface area (Å²) >= 11 is 3.40. The van der Waals surface area contributed by atoms with Crippen molar-refractivity contribution in [2.75, 3.05) is 18.5 Å². The minimum Gasteiger partial charge on any atom is -0.379 e. The third-order valence-electron chi connectivity index (χ3n) is 4.37. The van der Waals surface area contributed by atoms with Crippen LogP contribution in [0.2, 0.25) is 0 Å². The molecule has 5 nitrogen and oxygen atoms in total. The fourth-order valence-electron chi connectivity index (χ4n) is 3.03. The molecule has 2 amide bonds. The Bertz CT molecular complexity index is 941. The Labute approximate surface area is 177 Å². The van der Waals surface area contributed by atoms with Crippen LogP contribution in [0.1, 0.15) is 25.8 Å². The first-order valence-corrected chi connectivity index (χ1v) is 10.2. The zero-order valence-electron chi connectivity index (χ0n) is 16.2. The van der Waals surface area contributed by atoms with Crippen molar-refractivity contribution in [3.63, 3.8) is 0 Å². The summed E-state index contributed by atoms with van der Waals surface area (Å²) in [5.41, 5.74) is 1.58. The van der Waals surface area contributed by atoms with Crippen molar-refractivity contribution in [2.24, 2.45) is 0 Å². The van der Waals surface area contributed by atoms with Crippen LogP contribution in [0.3, 0.4) is 0 Å². The fraction of sp³-hybridized carbons (Fsp3) is 0.273. The predicted molar refractivity (Wildman–Crippen MR) is 114 cm³/mol.